The molecular weight excluding hydrogens is 214 g/mol. The summed E-state index contributed by atoms with van der Waals surface area (Å²) in [5.41, 5.74) is -0.730. The van der Waals surface area contributed by atoms with Gasteiger partial charge in [-0.2, -0.15) is 0 Å². The Kier molecular flexibility index (Phi) is 4.97. The Bertz CT molecular complexity index is 281. The molecule has 0 spiro atoms. The number of rotatable bonds is 4. The summed E-state index contributed by atoms with van der Waals surface area (Å²) in [6, 6.07) is -1.47. The molecule has 0 heterocycles. The molecule has 0 fully saturated rings. The van der Waals surface area contributed by atoms with E-state index in [1.165, 1.54) is 0 Å². The number of ether oxygens (including phenoxy) is 1. The molecular formula is C10H17NO5. The van der Waals surface area contributed by atoms with E-state index in [1.54, 1.807) is 20.8 Å². The minimum atomic E-state index is -1.47. The van der Waals surface area contributed by atoms with Crippen molar-refractivity contribution in [3.05, 3.63) is 12.7 Å². The van der Waals surface area contributed by atoms with Gasteiger partial charge in [0.2, 0.25) is 0 Å². The molecule has 0 radical (unpaired) electrons. The largest absolute Gasteiger partial charge is 0.480 e. The standard InChI is InChI=1S/C10H17NO5/c1-5-6(12)7(8(13)14)11-9(15)16-10(2,3)4/h5-7,12H,1H2,2-4H3,(H,11,15)(H,13,14)/t6-,7?/m1/s1. The minimum absolute atomic E-state index is 0.730. The number of aliphatic hydroxyl groups is 1. The molecule has 6 nitrogen and oxygen atoms in total. The van der Waals surface area contributed by atoms with Crippen molar-refractivity contribution < 1.29 is 24.5 Å². The maximum atomic E-state index is 11.3. The van der Waals surface area contributed by atoms with Gasteiger partial charge >= 0.3 is 12.1 Å². The van der Waals surface area contributed by atoms with Crippen LogP contribution in [0.25, 0.3) is 0 Å². The molecule has 92 valence electrons. The zero-order chi connectivity index (χ0) is 12.9. The van der Waals surface area contributed by atoms with Crippen molar-refractivity contribution in [3.63, 3.8) is 0 Å². The zero-order valence-electron chi connectivity index (χ0n) is 9.56. The van der Waals surface area contributed by atoms with Crippen LogP contribution in [-0.2, 0) is 9.53 Å². The number of carbonyl (C=O) groups is 2. The monoisotopic (exact) mass is 231 g/mol. The Morgan fingerprint density at radius 3 is 2.25 bits per heavy atom. The van der Waals surface area contributed by atoms with Gasteiger partial charge in [-0.1, -0.05) is 6.08 Å². The van der Waals surface area contributed by atoms with E-state index in [4.69, 9.17) is 9.84 Å². The molecule has 3 N–H and O–H groups in total. The minimum Gasteiger partial charge on any atom is -0.480 e. The highest BCUT2D eigenvalue weighted by molar-refractivity contribution is 5.80. The highest BCUT2D eigenvalue weighted by Gasteiger charge is 2.28. The predicted octanol–water partition coefficient (Wildman–Crippen LogP) is 0.511. The average molecular weight is 231 g/mol. The Labute approximate surface area is 93.9 Å². The van der Waals surface area contributed by atoms with Gasteiger partial charge < -0.3 is 20.3 Å². The number of aliphatic hydroxyl groups excluding tert-OH is 1. The first kappa shape index (κ1) is 14.4. The molecule has 0 aromatic heterocycles. The van der Waals surface area contributed by atoms with Gasteiger partial charge in [-0.15, -0.1) is 6.58 Å². The van der Waals surface area contributed by atoms with Gasteiger partial charge in [0.05, 0.1) is 0 Å². The first-order valence-corrected chi connectivity index (χ1v) is 4.70. The van der Waals surface area contributed by atoms with E-state index in [0.717, 1.165) is 6.08 Å². The number of alkyl carbamates (subject to hydrolysis) is 1. The van der Waals surface area contributed by atoms with E-state index in [1.807, 2.05) is 5.32 Å². The first-order chi connectivity index (χ1) is 7.17. The van der Waals surface area contributed by atoms with Gasteiger partial charge in [0, 0.05) is 0 Å². The lowest BCUT2D eigenvalue weighted by Crippen LogP contribution is -2.49. The fraction of sp³-hybridized carbons (Fsp3) is 0.600. The van der Waals surface area contributed by atoms with Crippen LogP contribution in [0, 0.1) is 0 Å². The lowest BCUT2D eigenvalue weighted by atomic mass is 10.1. The van der Waals surface area contributed by atoms with Crippen LogP contribution in [0.15, 0.2) is 12.7 Å². The van der Waals surface area contributed by atoms with E-state index in [9.17, 15) is 14.7 Å². The van der Waals surface area contributed by atoms with Crippen molar-refractivity contribution in [2.45, 2.75) is 38.5 Å². The molecule has 16 heavy (non-hydrogen) atoms. The molecule has 0 aliphatic heterocycles. The second kappa shape index (κ2) is 5.50. The van der Waals surface area contributed by atoms with E-state index in [0.29, 0.717) is 0 Å². The van der Waals surface area contributed by atoms with Crippen LogP contribution in [-0.4, -0.2) is 40.0 Å². The van der Waals surface area contributed by atoms with Crippen LogP contribution in [0.4, 0.5) is 4.79 Å². The Morgan fingerprint density at radius 2 is 1.94 bits per heavy atom. The zero-order valence-corrected chi connectivity index (χ0v) is 9.56. The summed E-state index contributed by atoms with van der Waals surface area (Å²) in [7, 11) is 0. The van der Waals surface area contributed by atoms with Crippen molar-refractivity contribution in [3.8, 4) is 0 Å². The van der Waals surface area contributed by atoms with E-state index in [-0.39, 0.29) is 0 Å². The Hall–Kier alpha value is -1.56. The Morgan fingerprint density at radius 1 is 1.44 bits per heavy atom. The number of carbonyl (C=O) groups excluding carboxylic acids is 1. The maximum absolute atomic E-state index is 11.3. The second-order valence-electron chi connectivity index (χ2n) is 4.19. The smallest absolute Gasteiger partial charge is 0.408 e. The highest BCUT2D eigenvalue weighted by atomic mass is 16.6. The molecule has 0 rings (SSSR count). The summed E-state index contributed by atoms with van der Waals surface area (Å²) in [5.74, 6) is -1.36. The third-order valence-corrected chi connectivity index (χ3v) is 1.52. The normalized spacial score (nSPS) is 14.8. The molecule has 0 aliphatic rings. The van der Waals surface area contributed by atoms with E-state index in [2.05, 4.69) is 6.58 Å². The van der Waals surface area contributed by atoms with Gasteiger partial charge in [-0.05, 0) is 20.8 Å². The molecule has 1 amide bonds. The number of nitrogens with one attached hydrogen (secondary N) is 1. The molecule has 0 saturated carbocycles. The summed E-state index contributed by atoms with van der Waals surface area (Å²) in [5, 5.41) is 20.1. The molecule has 2 atom stereocenters. The highest BCUT2D eigenvalue weighted by Crippen LogP contribution is 2.07. The average Bonchev–Trinajstić information content (AvgIpc) is 2.09. The van der Waals surface area contributed by atoms with Crippen LogP contribution in [0.3, 0.4) is 0 Å². The molecule has 0 saturated heterocycles. The molecule has 0 aromatic rings. The number of aliphatic carboxylic acids is 1. The number of carboxylic acids is 1. The van der Waals surface area contributed by atoms with E-state index < -0.39 is 29.8 Å². The summed E-state index contributed by atoms with van der Waals surface area (Å²) < 4.78 is 4.85. The van der Waals surface area contributed by atoms with Gasteiger partial charge in [0.25, 0.3) is 0 Å². The van der Waals surface area contributed by atoms with Crippen molar-refractivity contribution >= 4 is 12.1 Å². The first-order valence-electron chi connectivity index (χ1n) is 4.70. The quantitative estimate of drug-likeness (QED) is 0.613. The van der Waals surface area contributed by atoms with Crippen LogP contribution in [0.1, 0.15) is 20.8 Å². The van der Waals surface area contributed by atoms with Gasteiger partial charge in [-0.3, -0.25) is 0 Å². The van der Waals surface area contributed by atoms with Crippen molar-refractivity contribution in [1.82, 2.24) is 5.32 Å². The number of amides is 1. The SMILES string of the molecule is C=C[C@@H](O)C(NC(=O)OC(C)(C)C)C(=O)O. The van der Waals surface area contributed by atoms with E-state index >= 15 is 0 Å². The molecule has 0 bridgehead atoms. The van der Waals surface area contributed by atoms with Crippen LogP contribution in [0.5, 0.6) is 0 Å². The molecule has 0 aliphatic carbocycles. The fourth-order valence-corrected chi connectivity index (χ4v) is 0.864. The maximum Gasteiger partial charge on any atom is 0.408 e. The summed E-state index contributed by atoms with van der Waals surface area (Å²) in [6.45, 7) is 8.18. The van der Waals surface area contributed by atoms with Crippen molar-refractivity contribution in [2.24, 2.45) is 0 Å². The third kappa shape index (κ3) is 5.35. The van der Waals surface area contributed by atoms with Crippen molar-refractivity contribution in [1.29, 1.82) is 0 Å². The van der Waals surface area contributed by atoms with Crippen molar-refractivity contribution in [2.75, 3.05) is 0 Å². The van der Waals surface area contributed by atoms with Crippen LogP contribution >= 0.6 is 0 Å². The van der Waals surface area contributed by atoms with Gasteiger partial charge in [-0.25, -0.2) is 9.59 Å². The van der Waals surface area contributed by atoms with Gasteiger partial charge in [0.1, 0.15) is 11.7 Å². The van der Waals surface area contributed by atoms with Crippen LogP contribution in [0.2, 0.25) is 0 Å². The predicted molar refractivity (Wildman–Crippen MR) is 57.0 cm³/mol. The number of hydrogen-bond acceptors (Lipinski definition) is 4. The summed E-state index contributed by atoms with van der Waals surface area (Å²) in [4.78, 5) is 22.0. The summed E-state index contributed by atoms with van der Waals surface area (Å²) >= 11 is 0. The summed E-state index contributed by atoms with van der Waals surface area (Å²) in [6.07, 6.45) is -1.25. The lowest BCUT2D eigenvalue weighted by molar-refractivity contribution is -0.141. The molecule has 6 heteroatoms. The third-order valence-electron chi connectivity index (χ3n) is 1.52. The fourth-order valence-electron chi connectivity index (χ4n) is 0.864. The number of hydrogen-bond donors (Lipinski definition) is 3. The molecule has 0 aromatic carbocycles. The topological polar surface area (TPSA) is 95.9 Å². The van der Waals surface area contributed by atoms with Crippen LogP contribution < -0.4 is 5.32 Å². The second-order valence-corrected chi connectivity index (χ2v) is 4.19. The number of carboxylic acid groups (broad SMARTS) is 1. The lowest BCUT2D eigenvalue weighted by Gasteiger charge is -2.23. The molecule has 1 unspecified atom stereocenters. The Balaban J connectivity index is 4.47. The van der Waals surface area contributed by atoms with Gasteiger partial charge in [0.15, 0.2) is 6.04 Å².